The topological polar surface area (TPSA) is 23.8 Å². The lowest BCUT2D eigenvalue weighted by Crippen LogP contribution is -1.80. The standard InChI is InChI=1S/C15H9Cl2N/c16-14-7-11(8-15(17)9-14)5-6-12-3-1-2-4-13(12)10-18/h1-9H/b6-5+. The number of nitrogens with zero attached hydrogens (tertiary/aromatic N) is 1. The van der Waals surface area contributed by atoms with Gasteiger partial charge in [-0.3, -0.25) is 0 Å². The second kappa shape index (κ2) is 5.73. The second-order valence-electron chi connectivity index (χ2n) is 3.74. The van der Waals surface area contributed by atoms with Gasteiger partial charge >= 0.3 is 0 Å². The van der Waals surface area contributed by atoms with Crippen LogP contribution in [0.3, 0.4) is 0 Å². The third-order valence-electron chi connectivity index (χ3n) is 2.42. The van der Waals surface area contributed by atoms with Crippen molar-refractivity contribution >= 4 is 35.4 Å². The molecule has 0 amide bonds. The predicted molar refractivity (Wildman–Crippen MR) is 76.5 cm³/mol. The zero-order valence-electron chi connectivity index (χ0n) is 9.40. The van der Waals surface area contributed by atoms with Crippen LogP contribution >= 0.6 is 23.2 Å². The lowest BCUT2D eigenvalue weighted by Gasteiger charge is -1.99. The van der Waals surface area contributed by atoms with Crippen LogP contribution < -0.4 is 0 Å². The van der Waals surface area contributed by atoms with Gasteiger partial charge in [-0.15, -0.1) is 0 Å². The van der Waals surface area contributed by atoms with Gasteiger partial charge in [-0.25, -0.2) is 0 Å². The van der Waals surface area contributed by atoms with Crippen LogP contribution in [0.1, 0.15) is 16.7 Å². The molecule has 0 saturated carbocycles. The third kappa shape index (κ3) is 3.13. The van der Waals surface area contributed by atoms with Crippen LogP contribution in [0.4, 0.5) is 0 Å². The average molecular weight is 274 g/mol. The summed E-state index contributed by atoms with van der Waals surface area (Å²) in [4.78, 5) is 0. The van der Waals surface area contributed by atoms with Crippen LogP contribution in [-0.4, -0.2) is 0 Å². The highest BCUT2D eigenvalue weighted by Crippen LogP contribution is 2.21. The lowest BCUT2D eigenvalue weighted by molar-refractivity contribution is 1.47. The number of hydrogen-bond donors (Lipinski definition) is 0. The summed E-state index contributed by atoms with van der Waals surface area (Å²) in [5, 5.41) is 10.2. The van der Waals surface area contributed by atoms with Crippen LogP contribution in [0, 0.1) is 11.3 Å². The first-order valence-corrected chi connectivity index (χ1v) is 6.08. The summed E-state index contributed by atoms with van der Waals surface area (Å²) in [7, 11) is 0. The summed E-state index contributed by atoms with van der Waals surface area (Å²) in [5.74, 6) is 0. The first kappa shape index (κ1) is 12.7. The molecule has 3 heteroatoms. The van der Waals surface area contributed by atoms with E-state index in [0.29, 0.717) is 15.6 Å². The molecule has 18 heavy (non-hydrogen) atoms. The number of benzene rings is 2. The first-order chi connectivity index (χ1) is 8.69. The highest BCUT2D eigenvalue weighted by atomic mass is 35.5. The zero-order valence-corrected chi connectivity index (χ0v) is 10.9. The fourth-order valence-electron chi connectivity index (χ4n) is 1.60. The largest absolute Gasteiger partial charge is 0.192 e. The average Bonchev–Trinajstić information content (AvgIpc) is 2.35. The van der Waals surface area contributed by atoms with Crippen molar-refractivity contribution in [3.05, 3.63) is 69.2 Å². The molecule has 0 N–H and O–H groups in total. The molecular weight excluding hydrogens is 265 g/mol. The Labute approximate surface area is 116 Å². The van der Waals surface area contributed by atoms with Crippen LogP contribution in [0.2, 0.25) is 10.0 Å². The van der Waals surface area contributed by atoms with Crippen molar-refractivity contribution in [3.8, 4) is 6.07 Å². The summed E-state index contributed by atoms with van der Waals surface area (Å²) < 4.78 is 0. The number of hydrogen-bond acceptors (Lipinski definition) is 1. The maximum absolute atomic E-state index is 8.98. The first-order valence-electron chi connectivity index (χ1n) is 5.32. The number of halogens is 2. The van der Waals surface area contributed by atoms with Crippen molar-refractivity contribution in [2.45, 2.75) is 0 Å². The van der Waals surface area contributed by atoms with Crippen molar-refractivity contribution in [1.29, 1.82) is 5.26 Å². The molecule has 0 saturated heterocycles. The fourth-order valence-corrected chi connectivity index (χ4v) is 2.14. The SMILES string of the molecule is N#Cc1ccccc1/C=C/c1cc(Cl)cc(Cl)c1. The molecule has 0 aliphatic carbocycles. The van der Waals surface area contributed by atoms with Gasteiger partial charge in [0.05, 0.1) is 11.6 Å². The predicted octanol–water partition coefficient (Wildman–Crippen LogP) is 5.04. The second-order valence-corrected chi connectivity index (χ2v) is 4.61. The minimum Gasteiger partial charge on any atom is -0.192 e. The minimum absolute atomic E-state index is 0.593. The third-order valence-corrected chi connectivity index (χ3v) is 2.86. The van der Waals surface area contributed by atoms with Gasteiger partial charge < -0.3 is 0 Å². The van der Waals surface area contributed by atoms with Crippen molar-refractivity contribution in [3.63, 3.8) is 0 Å². The maximum Gasteiger partial charge on any atom is 0.0997 e. The Bertz CT molecular complexity index is 619. The minimum atomic E-state index is 0.593. The van der Waals surface area contributed by atoms with E-state index < -0.39 is 0 Å². The number of rotatable bonds is 2. The highest BCUT2D eigenvalue weighted by molar-refractivity contribution is 6.34. The summed E-state index contributed by atoms with van der Waals surface area (Å²) in [6.07, 6.45) is 3.76. The highest BCUT2D eigenvalue weighted by Gasteiger charge is 1.97. The monoisotopic (exact) mass is 273 g/mol. The van der Waals surface area contributed by atoms with Crippen molar-refractivity contribution < 1.29 is 0 Å². The summed E-state index contributed by atoms with van der Waals surface area (Å²) in [5.41, 5.74) is 2.42. The molecule has 88 valence electrons. The smallest absolute Gasteiger partial charge is 0.0997 e. The van der Waals surface area contributed by atoms with E-state index in [2.05, 4.69) is 6.07 Å². The Hall–Kier alpha value is -1.75. The zero-order chi connectivity index (χ0) is 13.0. The molecule has 2 aromatic carbocycles. The Kier molecular flexibility index (Phi) is 4.04. The molecule has 0 radical (unpaired) electrons. The molecule has 0 spiro atoms. The normalized spacial score (nSPS) is 10.5. The van der Waals surface area contributed by atoms with Gasteiger partial charge in [0.25, 0.3) is 0 Å². The quantitative estimate of drug-likeness (QED) is 0.704. The van der Waals surface area contributed by atoms with Crippen LogP contribution in [0.15, 0.2) is 42.5 Å². The van der Waals surface area contributed by atoms with E-state index in [1.807, 2.05) is 42.5 Å². The molecular formula is C15H9Cl2N. The van der Waals surface area contributed by atoms with Gasteiger partial charge in [0.1, 0.15) is 0 Å². The van der Waals surface area contributed by atoms with Gasteiger partial charge in [0.15, 0.2) is 0 Å². The van der Waals surface area contributed by atoms with Crippen LogP contribution in [-0.2, 0) is 0 Å². The van der Waals surface area contributed by atoms with Crippen LogP contribution in [0.5, 0.6) is 0 Å². The van der Waals surface area contributed by atoms with Crippen molar-refractivity contribution in [2.24, 2.45) is 0 Å². The molecule has 0 unspecified atom stereocenters. The van der Waals surface area contributed by atoms with Crippen LogP contribution in [0.25, 0.3) is 12.2 Å². The molecule has 0 aliphatic heterocycles. The maximum atomic E-state index is 8.98. The molecule has 0 aromatic heterocycles. The van der Waals surface area contributed by atoms with E-state index in [9.17, 15) is 0 Å². The molecule has 1 nitrogen and oxygen atoms in total. The molecule has 0 aliphatic rings. The molecule has 0 atom stereocenters. The summed E-state index contributed by atoms with van der Waals surface area (Å²) in [6.45, 7) is 0. The summed E-state index contributed by atoms with van der Waals surface area (Å²) in [6, 6.07) is 14.9. The number of nitriles is 1. The van der Waals surface area contributed by atoms with Gasteiger partial charge in [0, 0.05) is 10.0 Å². The molecule has 0 fully saturated rings. The van der Waals surface area contributed by atoms with E-state index in [0.717, 1.165) is 11.1 Å². The molecule has 0 bridgehead atoms. The molecule has 2 rings (SSSR count). The van der Waals surface area contributed by atoms with E-state index in [4.69, 9.17) is 28.5 Å². The Morgan fingerprint density at radius 1 is 0.944 bits per heavy atom. The van der Waals surface area contributed by atoms with E-state index >= 15 is 0 Å². The van der Waals surface area contributed by atoms with Gasteiger partial charge in [-0.05, 0) is 35.4 Å². The van der Waals surface area contributed by atoms with E-state index in [1.54, 1.807) is 12.1 Å². The Morgan fingerprint density at radius 3 is 2.28 bits per heavy atom. The Morgan fingerprint density at radius 2 is 1.61 bits per heavy atom. The Balaban J connectivity index is 2.33. The van der Waals surface area contributed by atoms with Gasteiger partial charge in [-0.2, -0.15) is 5.26 Å². The molecule has 0 heterocycles. The summed E-state index contributed by atoms with van der Waals surface area (Å²) >= 11 is 11.8. The van der Waals surface area contributed by atoms with Gasteiger partial charge in [0.2, 0.25) is 0 Å². The molecule has 2 aromatic rings. The van der Waals surface area contributed by atoms with E-state index in [-0.39, 0.29) is 0 Å². The van der Waals surface area contributed by atoms with Gasteiger partial charge in [-0.1, -0.05) is 53.6 Å². The van der Waals surface area contributed by atoms with E-state index in [1.165, 1.54) is 0 Å². The van der Waals surface area contributed by atoms with Crippen molar-refractivity contribution in [2.75, 3.05) is 0 Å². The fraction of sp³-hybridized carbons (Fsp3) is 0. The lowest BCUT2D eigenvalue weighted by atomic mass is 10.1. The van der Waals surface area contributed by atoms with Crippen molar-refractivity contribution in [1.82, 2.24) is 0 Å².